The van der Waals surface area contributed by atoms with Crippen molar-refractivity contribution in [3.8, 4) is 0 Å². The Balaban J connectivity index is 0.00000196. The van der Waals surface area contributed by atoms with E-state index in [1.165, 1.54) is 29.7 Å². The molecule has 0 aromatic heterocycles. The van der Waals surface area contributed by atoms with Gasteiger partial charge in [0.15, 0.2) is 0 Å². The van der Waals surface area contributed by atoms with Crippen LogP contribution in [0.2, 0.25) is 0 Å². The number of likely N-dealkylation sites (tertiary alicyclic amines) is 1. The van der Waals surface area contributed by atoms with Gasteiger partial charge in [-0.15, -0.1) is 12.4 Å². The Morgan fingerprint density at radius 3 is 3.12 bits per heavy atom. The van der Waals surface area contributed by atoms with E-state index in [0.29, 0.717) is 12.0 Å². The molecule has 3 atom stereocenters. The summed E-state index contributed by atoms with van der Waals surface area (Å²) in [5.41, 5.74) is 10.9. The number of benzene rings is 1. The Hall–Kier alpha value is -1.34. The maximum atomic E-state index is 11.5. The average Bonchev–Trinajstić information content (AvgIpc) is 3.24. The third-order valence-corrected chi connectivity index (χ3v) is 5.79. The molecule has 7 heteroatoms. The van der Waals surface area contributed by atoms with Crippen molar-refractivity contribution < 1.29 is 4.79 Å². The molecule has 4 rings (SSSR count). The van der Waals surface area contributed by atoms with E-state index in [-0.39, 0.29) is 24.4 Å². The molecule has 0 saturated carbocycles. The normalized spacial score (nSPS) is 28.1. The van der Waals surface area contributed by atoms with Crippen molar-refractivity contribution in [2.75, 3.05) is 31.5 Å². The summed E-state index contributed by atoms with van der Waals surface area (Å²) in [6, 6.07) is 7.19. The Labute approximate surface area is 161 Å². The fourth-order valence-electron chi connectivity index (χ4n) is 4.67. The quantitative estimate of drug-likeness (QED) is 0.634. The van der Waals surface area contributed by atoms with E-state index in [4.69, 9.17) is 0 Å². The molecule has 26 heavy (non-hydrogen) atoms. The van der Waals surface area contributed by atoms with Crippen LogP contribution >= 0.6 is 12.4 Å². The summed E-state index contributed by atoms with van der Waals surface area (Å²) < 4.78 is 0. The number of fused-ring (bicyclic) bond motifs is 1. The van der Waals surface area contributed by atoms with Gasteiger partial charge in [-0.2, -0.15) is 0 Å². The van der Waals surface area contributed by atoms with Crippen LogP contribution < -0.4 is 21.5 Å². The first-order chi connectivity index (χ1) is 12.2. The van der Waals surface area contributed by atoms with Crippen LogP contribution in [0.25, 0.3) is 0 Å². The first-order valence-corrected chi connectivity index (χ1v) is 9.53. The van der Waals surface area contributed by atoms with E-state index in [0.717, 1.165) is 39.1 Å². The van der Waals surface area contributed by atoms with Crippen LogP contribution in [-0.2, 0) is 17.8 Å². The number of para-hydroxylation sites is 1. The smallest absolute Gasteiger partial charge is 0.217 e. The van der Waals surface area contributed by atoms with E-state index >= 15 is 0 Å². The number of nitrogens with one attached hydrogen (secondary N) is 4. The topological polar surface area (TPSA) is 68.4 Å². The first kappa shape index (κ1) is 19.4. The summed E-state index contributed by atoms with van der Waals surface area (Å²) in [7, 11) is 0. The molecule has 1 aromatic rings. The molecule has 2 saturated heterocycles. The fourth-order valence-corrected chi connectivity index (χ4v) is 4.67. The number of anilines is 1. The predicted octanol–water partition coefficient (Wildman–Crippen LogP) is 1.27. The van der Waals surface area contributed by atoms with Gasteiger partial charge in [-0.1, -0.05) is 18.2 Å². The van der Waals surface area contributed by atoms with Crippen LogP contribution in [0.4, 0.5) is 5.69 Å². The van der Waals surface area contributed by atoms with E-state index in [1.807, 2.05) is 0 Å². The molecule has 3 aliphatic rings. The van der Waals surface area contributed by atoms with Gasteiger partial charge in [-0.3, -0.25) is 20.5 Å². The maximum Gasteiger partial charge on any atom is 0.217 e. The molecule has 2 fully saturated rings. The number of nitrogens with zero attached hydrogens (tertiary/aromatic N) is 1. The second-order valence-corrected chi connectivity index (χ2v) is 7.62. The lowest BCUT2D eigenvalue weighted by atomic mass is 9.87. The molecule has 0 spiro atoms. The van der Waals surface area contributed by atoms with E-state index < -0.39 is 0 Å². The summed E-state index contributed by atoms with van der Waals surface area (Å²) >= 11 is 0. The minimum Gasteiger partial charge on any atom is -0.384 e. The number of hydrazine groups is 1. The Bertz CT molecular complexity index is 640. The van der Waals surface area contributed by atoms with Gasteiger partial charge in [0.2, 0.25) is 5.91 Å². The van der Waals surface area contributed by atoms with Gasteiger partial charge < -0.3 is 10.6 Å². The van der Waals surface area contributed by atoms with Gasteiger partial charge in [0.1, 0.15) is 0 Å². The minimum absolute atomic E-state index is 0. The highest BCUT2D eigenvalue weighted by Gasteiger charge is 2.36. The van der Waals surface area contributed by atoms with Crippen LogP contribution in [0, 0.1) is 5.92 Å². The van der Waals surface area contributed by atoms with E-state index in [1.54, 1.807) is 6.92 Å². The van der Waals surface area contributed by atoms with Crippen LogP contribution in [0.3, 0.4) is 0 Å². The Morgan fingerprint density at radius 1 is 1.38 bits per heavy atom. The molecule has 144 valence electrons. The van der Waals surface area contributed by atoms with Gasteiger partial charge in [-0.05, 0) is 42.9 Å². The third kappa shape index (κ3) is 4.14. The number of hydrogen-bond acceptors (Lipinski definition) is 5. The van der Waals surface area contributed by atoms with Crippen LogP contribution in [-0.4, -0.2) is 49.1 Å². The molecule has 6 nitrogen and oxygen atoms in total. The zero-order chi connectivity index (χ0) is 17.2. The summed E-state index contributed by atoms with van der Waals surface area (Å²) in [6.07, 6.45) is 3.58. The Kier molecular flexibility index (Phi) is 6.40. The lowest BCUT2D eigenvalue weighted by Gasteiger charge is -2.37. The van der Waals surface area contributed by atoms with Gasteiger partial charge in [-0.25, -0.2) is 0 Å². The summed E-state index contributed by atoms with van der Waals surface area (Å²) in [6.45, 7) is 6.72. The van der Waals surface area contributed by atoms with Crippen molar-refractivity contribution in [1.82, 2.24) is 21.1 Å². The molecule has 0 bridgehead atoms. The van der Waals surface area contributed by atoms with Crippen molar-refractivity contribution in [1.29, 1.82) is 0 Å². The van der Waals surface area contributed by atoms with Crippen LogP contribution in [0.5, 0.6) is 0 Å². The number of hydrogen-bond donors (Lipinski definition) is 4. The highest BCUT2D eigenvalue weighted by Crippen LogP contribution is 2.29. The van der Waals surface area contributed by atoms with Crippen molar-refractivity contribution in [3.05, 3.63) is 29.3 Å². The molecule has 1 amide bonds. The highest BCUT2D eigenvalue weighted by molar-refractivity contribution is 5.85. The molecule has 0 radical (unpaired) electrons. The molecule has 0 aliphatic carbocycles. The molecule has 1 aromatic carbocycles. The van der Waals surface area contributed by atoms with Crippen molar-refractivity contribution in [2.24, 2.45) is 5.92 Å². The van der Waals surface area contributed by atoms with Gasteiger partial charge in [0.25, 0.3) is 0 Å². The highest BCUT2D eigenvalue weighted by atomic mass is 35.5. The molecule has 3 aliphatic heterocycles. The number of carbonyl (C=O) groups is 1. The van der Waals surface area contributed by atoms with Gasteiger partial charge >= 0.3 is 0 Å². The van der Waals surface area contributed by atoms with Crippen LogP contribution in [0.1, 0.15) is 30.9 Å². The van der Waals surface area contributed by atoms with E-state index in [2.05, 4.69) is 44.6 Å². The van der Waals surface area contributed by atoms with Gasteiger partial charge in [0, 0.05) is 44.8 Å². The molecule has 3 unspecified atom stereocenters. The summed E-state index contributed by atoms with van der Waals surface area (Å²) in [5, 5.41) is 6.65. The zero-order valence-electron chi connectivity index (χ0n) is 15.4. The number of halogens is 1. The molecule has 4 N–H and O–H groups in total. The molecular formula is C19H30ClN5O. The predicted molar refractivity (Wildman–Crippen MR) is 106 cm³/mol. The molecular weight excluding hydrogens is 350 g/mol. The maximum absolute atomic E-state index is 11.5. The third-order valence-electron chi connectivity index (χ3n) is 5.79. The number of amides is 1. The van der Waals surface area contributed by atoms with E-state index in [9.17, 15) is 4.79 Å². The second kappa shape index (κ2) is 8.57. The Morgan fingerprint density at radius 2 is 2.27 bits per heavy atom. The largest absolute Gasteiger partial charge is 0.384 e. The average molecular weight is 380 g/mol. The SMILES string of the molecule is CC(=O)NC1CNNC1C1CCCN(Cc2cccc3c2NCC3)C1.Cl. The molecule has 3 heterocycles. The fraction of sp³-hybridized carbons (Fsp3) is 0.632. The van der Waals surface area contributed by atoms with Crippen LogP contribution in [0.15, 0.2) is 18.2 Å². The second-order valence-electron chi connectivity index (χ2n) is 7.62. The number of rotatable bonds is 4. The number of piperidine rings is 1. The van der Waals surface area contributed by atoms with Gasteiger partial charge in [0.05, 0.1) is 6.04 Å². The first-order valence-electron chi connectivity index (χ1n) is 9.53. The summed E-state index contributed by atoms with van der Waals surface area (Å²) in [5.74, 6) is 0.615. The number of carbonyl (C=O) groups excluding carboxylic acids is 1. The summed E-state index contributed by atoms with van der Waals surface area (Å²) in [4.78, 5) is 14.0. The standard InChI is InChI=1S/C19H29N5O.ClH/c1-13(25)22-17-10-21-23-19(17)16-6-3-9-24(12-16)11-15-5-2-4-14-7-8-20-18(14)15;/h2,4-5,16-17,19-21,23H,3,6-12H2,1H3,(H,22,25);1H. The monoisotopic (exact) mass is 379 g/mol. The lowest BCUT2D eigenvalue weighted by molar-refractivity contribution is -0.119. The zero-order valence-corrected chi connectivity index (χ0v) is 16.2. The van der Waals surface area contributed by atoms with Crippen molar-refractivity contribution in [3.63, 3.8) is 0 Å². The lowest BCUT2D eigenvalue weighted by Crippen LogP contribution is -2.52. The minimum atomic E-state index is 0. The van der Waals surface area contributed by atoms with Crippen molar-refractivity contribution in [2.45, 2.75) is 44.8 Å². The van der Waals surface area contributed by atoms with Crippen molar-refractivity contribution >= 4 is 24.0 Å².